The quantitative estimate of drug-likeness (QED) is 0.639. The Hall–Kier alpha value is -1.98. The zero-order valence-corrected chi connectivity index (χ0v) is 10.8. The number of nitrogens with one attached hydrogen (secondary N) is 1. The van der Waals surface area contributed by atoms with Gasteiger partial charge >= 0.3 is 0 Å². The first-order valence-corrected chi connectivity index (χ1v) is 6.02. The van der Waals surface area contributed by atoms with E-state index in [1.54, 1.807) is 18.3 Å². The molecule has 0 aliphatic heterocycles. The molecule has 2 rings (SSSR count). The van der Waals surface area contributed by atoms with Crippen molar-refractivity contribution in [2.75, 3.05) is 12.5 Å². The molecule has 0 bridgehead atoms. The number of pyridine rings is 1. The highest BCUT2D eigenvalue weighted by Crippen LogP contribution is 2.10. The van der Waals surface area contributed by atoms with Crippen LogP contribution >= 0.6 is 0 Å². The molecule has 0 aliphatic carbocycles. The summed E-state index contributed by atoms with van der Waals surface area (Å²) in [6, 6.07) is 10.4. The lowest BCUT2D eigenvalue weighted by Gasteiger charge is -2.16. The summed E-state index contributed by atoms with van der Waals surface area (Å²) in [5, 5.41) is 0. The summed E-state index contributed by atoms with van der Waals surface area (Å²) in [6.45, 7) is 1.43. The van der Waals surface area contributed by atoms with Gasteiger partial charge in [-0.05, 0) is 36.4 Å². The van der Waals surface area contributed by atoms with E-state index in [1.807, 2.05) is 25.2 Å². The molecule has 0 amide bonds. The van der Waals surface area contributed by atoms with Gasteiger partial charge in [-0.3, -0.25) is 4.90 Å². The minimum atomic E-state index is -0.203. The second-order valence-electron chi connectivity index (χ2n) is 4.50. The molecule has 4 nitrogen and oxygen atoms in total. The number of hydrazine groups is 1. The third kappa shape index (κ3) is 4.01. The molecule has 0 fully saturated rings. The third-order valence-corrected chi connectivity index (χ3v) is 2.77. The van der Waals surface area contributed by atoms with Crippen LogP contribution in [0.1, 0.15) is 11.1 Å². The van der Waals surface area contributed by atoms with Crippen LogP contribution in [0.25, 0.3) is 0 Å². The number of benzene rings is 1. The van der Waals surface area contributed by atoms with Gasteiger partial charge in [-0.25, -0.2) is 15.2 Å². The highest BCUT2D eigenvalue weighted by Gasteiger charge is 2.03. The van der Waals surface area contributed by atoms with Gasteiger partial charge in [0.1, 0.15) is 11.6 Å². The van der Waals surface area contributed by atoms with Crippen LogP contribution < -0.4 is 11.3 Å². The van der Waals surface area contributed by atoms with Crippen molar-refractivity contribution in [1.82, 2.24) is 9.88 Å². The summed E-state index contributed by atoms with van der Waals surface area (Å²) >= 11 is 0. The van der Waals surface area contributed by atoms with E-state index in [9.17, 15) is 4.39 Å². The van der Waals surface area contributed by atoms with Crippen LogP contribution in [0.4, 0.5) is 10.2 Å². The summed E-state index contributed by atoms with van der Waals surface area (Å²) in [5.74, 6) is 5.69. The van der Waals surface area contributed by atoms with Crippen molar-refractivity contribution < 1.29 is 4.39 Å². The van der Waals surface area contributed by atoms with E-state index in [0.29, 0.717) is 12.4 Å². The Morgan fingerprint density at radius 2 is 2.00 bits per heavy atom. The predicted molar refractivity (Wildman–Crippen MR) is 73.6 cm³/mol. The molecule has 0 saturated heterocycles. The van der Waals surface area contributed by atoms with Crippen LogP contribution in [0, 0.1) is 5.82 Å². The fraction of sp³-hybridized carbons (Fsp3) is 0.214. The summed E-state index contributed by atoms with van der Waals surface area (Å²) in [7, 11) is 1.99. The van der Waals surface area contributed by atoms with Crippen LogP contribution in [0.15, 0.2) is 42.6 Å². The minimum Gasteiger partial charge on any atom is -0.308 e. The third-order valence-electron chi connectivity index (χ3n) is 2.77. The van der Waals surface area contributed by atoms with E-state index < -0.39 is 0 Å². The molecule has 0 atom stereocenters. The van der Waals surface area contributed by atoms with E-state index in [0.717, 1.165) is 17.7 Å². The van der Waals surface area contributed by atoms with Gasteiger partial charge in [0.25, 0.3) is 0 Å². The van der Waals surface area contributed by atoms with Gasteiger partial charge in [0.05, 0.1) is 0 Å². The number of hydrogen-bond acceptors (Lipinski definition) is 4. The zero-order chi connectivity index (χ0) is 13.7. The lowest BCUT2D eigenvalue weighted by molar-refractivity contribution is 0.318. The number of rotatable bonds is 5. The largest absolute Gasteiger partial charge is 0.308 e. The van der Waals surface area contributed by atoms with Crippen molar-refractivity contribution in [2.45, 2.75) is 13.1 Å². The first-order chi connectivity index (χ1) is 9.17. The molecular weight excluding hydrogens is 243 g/mol. The van der Waals surface area contributed by atoms with E-state index in [-0.39, 0.29) is 5.82 Å². The molecule has 5 heteroatoms. The molecule has 100 valence electrons. The van der Waals surface area contributed by atoms with Gasteiger partial charge in [0.15, 0.2) is 0 Å². The molecule has 0 saturated carbocycles. The highest BCUT2D eigenvalue weighted by atomic mass is 19.1. The lowest BCUT2D eigenvalue weighted by atomic mass is 10.2. The fourth-order valence-corrected chi connectivity index (χ4v) is 1.92. The average Bonchev–Trinajstić information content (AvgIpc) is 2.39. The Kier molecular flexibility index (Phi) is 4.43. The number of nitrogens with zero attached hydrogens (tertiary/aromatic N) is 2. The monoisotopic (exact) mass is 260 g/mol. The van der Waals surface area contributed by atoms with Crippen molar-refractivity contribution in [3.05, 3.63) is 59.5 Å². The average molecular weight is 260 g/mol. The Labute approximate surface area is 112 Å². The zero-order valence-electron chi connectivity index (χ0n) is 10.8. The molecule has 1 heterocycles. The maximum atomic E-state index is 13.1. The first-order valence-electron chi connectivity index (χ1n) is 6.02. The van der Waals surface area contributed by atoms with Gasteiger partial charge in [-0.15, -0.1) is 0 Å². The van der Waals surface area contributed by atoms with Gasteiger partial charge < -0.3 is 5.43 Å². The van der Waals surface area contributed by atoms with Gasteiger partial charge in [0.2, 0.25) is 0 Å². The van der Waals surface area contributed by atoms with Crippen LogP contribution in [0.3, 0.4) is 0 Å². The molecule has 3 N–H and O–H groups in total. The first kappa shape index (κ1) is 13.5. The Balaban J connectivity index is 1.95. The topological polar surface area (TPSA) is 54.2 Å². The SMILES string of the molecule is CN(Cc1ccc(NN)nc1)Cc1cccc(F)c1. The van der Waals surface area contributed by atoms with Crippen LogP contribution in [-0.4, -0.2) is 16.9 Å². The predicted octanol–water partition coefficient (Wildman–Crippen LogP) is 2.14. The molecule has 0 unspecified atom stereocenters. The Morgan fingerprint density at radius 1 is 1.21 bits per heavy atom. The summed E-state index contributed by atoms with van der Waals surface area (Å²) < 4.78 is 13.1. The number of hydrogen-bond donors (Lipinski definition) is 2. The normalized spacial score (nSPS) is 10.7. The summed E-state index contributed by atoms with van der Waals surface area (Å²) in [5.41, 5.74) is 4.52. The summed E-state index contributed by atoms with van der Waals surface area (Å²) in [6.07, 6.45) is 1.78. The molecule has 2 aromatic rings. The lowest BCUT2D eigenvalue weighted by Crippen LogP contribution is -2.17. The van der Waals surface area contributed by atoms with Crippen LogP contribution in [0.5, 0.6) is 0 Å². The smallest absolute Gasteiger partial charge is 0.139 e. The number of nitrogen functional groups attached to an aromatic ring is 1. The van der Waals surface area contributed by atoms with Gasteiger partial charge in [-0.2, -0.15) is 0 Å². The van der Waals surface area contributed by atoms with E-state index >= 15 is 0 Å². The van der Waals surface area contributed by atoms with Crippen molar-refractivity contribution in [1.29, 1.82) is 0 Å². The van der Waals surface area contributed by atoms with Gasteiger partial charge in [-0.1, -0.05) is 18.2 Å². The Morgan fingerprint density at radius 3 is 2.63 bits per heavy atom. The van der Waals surface area contributed by atoms with Crippen molar-refractivity contribution >= 4 is 5.82 Å². The molecule has 19 heavy (non-hydrogen) atoms. The van der Waals surface area contributed by atoms with E-state index in [4.69, 9.17) is 5.84 Å². The number of nitrogens with two attached hydrogens (primary N) is 1. The Bertz CT molecular complexity index is 527. The standard InChI is InChI=1S/C14H17FN4/c1-19(9-11-3-2-4-13(15)7-11)10-12-5-6-14(18-16)17-8-12/h2-8H,9-10,16H2,1H3,(H,17,18). The molecule has 0 aliphatic rings. The fourth-order valence-electron chi connectivity index (χ4n) is 1.92. The van der Waals surface area contributed by atoms with Crippen LogP contribution in [0.2, 0.25) is 0 Å². The molecule has 0 spiro atoms. The van der Waals surface area contributed by atoms with Crippen molar-refractivity contribution in [3.8, 4) is 0 Å². The van der Waals surface area contributed by atoms with Gasteiger partial charge in [0, 0.05) is 19.3 Å². The van der Waals surface area contributed by atoms with E-state index in [2.05, 4.69) is 15.3 Å². The van der Waals surface area contributed by atoms with Crippen molar-refractivity contribution in [2.24, 2.45) is 5.84 Å². The highest BCUT2D eigenvalue weighted by molar-refractivity contribution is 5.33. The molecular formula is C14H17FN4. The van der Waals surface area contributed by atoms with Crippen LogP contribution in [-0.2, 0) is 13.1 Å². The maximum absolute atomic E-state index is 13.1. The second kappa shape index (κ2) is 6.26. The molecule has 1 aromatic heterocycles. The number of halogens is 1. The minimum absolute atomic E-state index is 0.203. The maximum Gasteiger partial charge on any atom is 0.139 e. The number of aromatic nitrogens is 1. The van der Waals surface area contributed by atoms with E-state index in [1.165, 1.54) is 6.07 Å². The molecule has 1 aromatic carbocycles. The van der Waals surface area contributed by atoms with Crippen molar-refractivity contribution in [3.63, 3.8) is 0 Å². The number of anilines is 1. The second-order valence-corrected chi connectivity index (χ2v) is 4.50. The molecule has 0 radical (unpaired) electrons. The summed E-state index contributed by atoms with van der Waals surface area (Å²) in [4.78, 5) is 6.25.